The van der Waals surface area contributed by atoms with Gasteiger partial charge in [-0.2, -0.15) is 0 Å². The summed E-state index contributed by atoms with van der Waals surface area (Å²) in [5.74, 6) is -0.537. The second-order valence-corrected chi connectivity index (χ2v) is 7.69. The van der Waals surface area contributed by atoms with E-state index in [1.165, 1.54) is 15.9 Å². The summed E-state index contributed by atoms with van der Waals surface area (Å²) in [7, 11) is 0. The Kier molecular flexibility index (Phi) is 5.45. The molecule has 0 aliphatic carbocycles. The molecule has 0 radical (unpaired) electrons. The third-order valence-corrected chi connectivity index (χ3v) is 5.65. The number of carbonyl (C=O) groups is 2. The van der Waals surface area contributed by atoms with Crippen LogP contribution in [0.5, 0.6) is 0 Å². The number of fused-ring (bicyclic) bond motifs is 1. The van der Waals surface area contributed by atoms with E-state index in [-0.39, 0.29) is 12.1 Å². The summed E-state index contributed by atoms with van der Waals surface area (Å²) < 4.78 is 1.48. The van der Waals surface area contributed by atoms with Crippen LogP contribution in [0.1, 0.15) is 17.4 Å². The predicted octanol–water partition coefficient (Wildman–Crippen LogP) is 1.94. The van der Waals surface area contributed by atoms with Gasteiger partial charge >= 0.3 is 6.03 Å². The third-order valence-electron chi connectivity index (χ3n) is 3.46. The molecule has 128 valence electrons. The lowest BCUT2D eigenvalue weighted by Gasteiger charge is -2.14. The Morgan fingerprint density at radius 1 is 1.50 bits per heavy atom. The summed E-state index contributed by atoms with van der Waals surface area (Å²) in [6.45, 7) is 9.39. The van der Waals surface area contributed by atoms with Crippen molar-refractivity contribution in [2.45, 2.75) is 37.7 Å². The monoisotopic (exact) mass is 366 g/mol. The lowest BCUT2D eigenvalue weighted by molar-refractivity contribution is -0.119. The van der Waals surface area contributed by atoms with Gasteiger partial charge in [0.1, 0.15) is 4.83 Å². The molecule has 0 aliphatic heterocycles. The fraction of sp³-hybridized carbons (Fsp3) is 0.333. The van der Waals surface area contributed by atoms with Gasteiger partial charge in [0.05, 0.1) is 10.6 Å². The van der Waals surface area contributed by atoms with E-state index in [9.17, 15) is 14.4 Å². The van der Waals surface area contributed by atoms with Crippen LogP contribution in [-0.4, -0.2) is 26.7 Å². The first-order chi connectivity index (χ1) is 11.3. The van der Waals surface area contributed by atoms with Crippen LogP contribution >= 0.6 is 23.1 Å². The fourth-order valence-corrected chi connectivity index (χ4v) is 4.11. The van der Waals surface area contributed by atoms with Crippen molar-refractivity contribution in [2.24, 2.45) is 5.73 Å². The molecule has 0 aromatic carbocycles. The quantitative estimate of drug-likeness (QED) is 0.478. The van der Waals surface area contributed by atoms with E-state index >= 15 is 0 Å². The summed E-state index contributed by atoms with van der Waals surface area (Å²) in [4.78, 5) is 41.7. The van der Waals surface area contributed by atoms with Crippen molar-refractivity contribution in [1.29, 1.82) is 0 Å². The van der Waals surface area contributed by atoms with E-state index in [0.29, 0.717) is 15.4 Å². The molecule has 0 saturated carbocycles. The maximum Gasteiger partial charge on any atom is 0.318 e. The Balaban J connectivity index is 2.50. The molecule has 0 unspecified atom stereocenters. The van der Waals surface area contributed by atoms with Crippen molar-refractivity contribution in [3.05, 3.63) is 33.4 Å². The zero-order chi connectivity index (χ0) is 18.0. The van der Waals surface area contributed by atoms with Gasteiger partial charge in [0, 0.05) is 11.4 Å². The Bertz CT molecular complexity index is 885. The normalized spacial score (nSPS) is 12.1. The number of hydrogen-bond acceptors (Lipinski definition) is 6. The molecular weight excluding hydrogens is 348 g/mol. The largest absolute Gasteiger partial charge is 0.351 e. The molecular formula is C15H18N4O3S2. The Morgan fingerprint density at radius 2 is 2.17 bits per heavy atom. The van der Waals surface area contributed by atoms with Gasteiger partial charge in [-0.3, -0.25) is 19.5 Å². The molecule has 3 amide bonds. The van der Waals surface area contributed by atoms with E-state index in [1.807, 2.05) is 19.2 Å². The number of thioether (sulfide) groups is 1. The molecule has 0 spiro atoms. The minimum Gasteiger partial charge on any atom is -0.351 e. The molecule has 0 fully saturated rings. The third kappa shape index (κ3) is 3.51. The zero-order valence-electron chi connectivity index (χ0n) is 13.6. The maximum atomic E-state index is 12.8. The van der Waals surface area contributed by atoms with Gasteiger partial charge in [-0.1, -0.05) is 17.8 Å². The molecule has 9 heteroatoms. The number of nitrogens with zero attached hydrogens (tertiary/aromatic N) is 2. The van der Waals surface area contributed by atoms with Crippen LogP contribution in [0, 0.1) is 13.8 Å². The highest BCUT2D eigenvalue weighted by Crippen LogP contribution is 2.29. The van der Waals surface area contributed by atoms with Gasteiger partial charge in [-0.05, 0) is 26.3 Å². The predicted molar refractivity (Wildman–Crippen MR) is 96.6 cm³/mol. The molecule has 1 atom stereocenters. The number of thiophene rings is 1. The SMILES string of the molecule is C=CCn1c(S[C@@H](C)C(=O)NC(N)=O)nc2sc(C)c(C)c2c1=O. The van der Waals surface area contributed by atoms with E-state index in [1.54, 1.807) is 13.0 Å². The van der Waals surface area contributed by atoms with Crippen molar-refractivity contribution in [1.82, 2.24) is 14.9 Å². The topological polar surface area (TPSA) is 107 Å². The van der Waals surface area contributed by atoms with E-state index in [2.05, 4.69) is 11.6 Å². The lowest BCUT2D eigenvalue weighted by atomic mass is 10.2. The van der Waals surface area contributed by atoms with Gasteiger partial charge in [-0.15, -0.1) is 17.9 Å². The van der Waals surface area contributed by atoms with Crippen molar-refractivity contribution in [2.75, 3.05) is 0 Å². The number of carbonyl (C=O) groups excluding carboxylic acids is 2. The van der Waals surface area contributed by atoms with E-state index in [4.69, 9.17) is 5.73 Å². The Labute approximate surface area is 146 Å². The molecule has 2 rings (SSSR count). The van der Waals surface area contributed by atoms with Crippen molar-refractivity contribution < 1.29 is 9.59 Å². The molecule has 24 heavy (non-hydrogen) atoms. The Morgan fingerprint density at radius 3 is 2.75 bits per heavy atom. The molecule has 2 heterocycles. The van der Waals surface area contributed by atoms with Gasteiger partial charge in [0.25, 0.3) is 5.56 Å². The highest BCUT2D eigenvalue weighted by molar-refractivity contribution is 8.00. The van der Waals surface area contributed by atoms with E-state index in [0.717, 1.165) is 22.2 Å². The van der Waals surface area contributed by atoms with Crippen LogP contribution in [0.2, 0.25) is 0 Å². The molecule has 2 aromatic rings. The average molecular weight is 366 g/mol. The number of hydrogen-bond donors (Lipinski definition) is 2. The summed E-state index contributed by atoms with van der Waals surface area (Å²) >= 11 is 2.54. The van der Waals surface area contributed by atoms with Gasteiger partial charge in [-0.25, -0.2) is 9.78 Å². The zero-order valence-corrected chi connectivity index (χ0v) is 15.2. The molecule has 2 aromatic heterocycles. The first-order valence-electron chi connectivity index (χ1n) is 7.14. The Hall–Kier alpha value is -2.13. The smallest absolute Gasteiger partial charge is 0.318 e. The number of amides is 3. The lowest BCUT2D eigenvalue weighted by Crippen LogP contribution is -2.39. The summed E-state index contributed by atoms with van der Waals surface area (Å²) in [6, 6.07) is -0.913. The molecule has 0 bridgehead atoms. The number of aromatic nitrogens is 2. The molecule has 0 saturated heterocycles. The van der Waals surface area contributed by atoms with Gasteiger partial charge in [0.2, 0.25) is 5.91 Å². The number of aryl methyl sites for hydroxylation is 2. The maximum absolute atomic E-state index is 12.8. The van der Waals surface area contributed by atoms with Crippen LogP contribution < -0.4 is 16.6 Å². The fourth-order valence-electron chi connectivity index (χ4n) is 2.12. The number of rotatable bonds is 5. The van der Waals surface area contributed by atoms with Crippen LogP contribution in [0.4, 0.5) is 4.79 Å². The summed E-state index contributed by atoms with van der Waals surface area (Å²) in [5, 5.41) is 2.39. The summed E-state index contributed by atoms with van der Waals surface area (Å²) in [6.07, 6.45) is 1.60. The number of primary amides is 1. The number of imide groups is 1. The molecule has 0 aliphatic rings. The van der Waals surface area contributed by atoms with Crippen LogP contribution in [0.15, 0.2) is 22.6 Å². The highest BCUT2D eigenvalue weighted by Gasteiger charge is 2.21. The number of nitrogens with two attached hydrogens (primary N) is 1. The van der Waals surface area contributed by atoms with Gasteiger partial charge < -0.3 is 5.73 Å². The van der Waals surface area contributed by atoms with Crippen molar-refractivity contribution >= 4 is 45.3 Å². The van der Waals surface area contributed by atoms with Crippen LogP contribution in [-0.2, 0) is 11.3 Å². The second kappa shape index (κ2) is 7.18. The minimum absolute atomic E-state index is 0.160. The van der Waals surface area contributed by atoms with Crippen LogP contribution in [0.25, 0.3) is 10.2 Å². The van der Waals surface area contributed by atoms with Gasteiger partial charge in [0.15, 0.2) is 5.16 Å². The second-order valence-electron chi connectivity index (χ2n) is 5.18. The number of nitrogens with one attached hydrogen (secondary N) is 1. The van der Waals surface area contributed by atoms with Crippen molar-refractivity contribution in [3.63, 3.8) is 0 Å². The standard InChI is InChI=1S/C15H18N4O3S2/c1-5-6-19-13(21)10-7(2)8(3)23-12(10)18-15(19)24-9(4)11(20)17-14(16)22/h5,9H,1,6H2,2-4H3,(H3,16,17,20,22)/t9-/m0/s1. The number of allylic oxidation sites excluding steroid dienone is 1. The first kappa shape index (κ1) is 18.2. The number of urea groups is 1. The van der Waals surface area contributed by atoms with Crippen LogP contribution in [0.3, 0.4) is 0 Å². The molecule has 3 N–H and O–H groups in total. The van der Waals surface area contributed by atoms with Crippen molar-refractivity contribution in [3.8, 4) is 0 Å². The highest BCUT2D eigenvalue weighted by atomic mass is 32.2. The summed E-state index contributed by atoms with van der Waals surface area (Å²) in [5.41, 5.74) is 5.72. The molecule has 7 nitrogen and oxygen atoms in total. The minimum atomic E-state index is -0.913. The average Bonchev–Trinajstić information content (AvgIpc) is 2.77. The van der Waals surface area contributed by atoms with E-state index < -0.39 is 17.2 Å². The first-order valence-corrected chi connectivity index (χ1v) is 8.84.